The van der Waals surface area contributed by atoms with Crippen molar-refractivity contribution in [2.24, 2.45) is 5.84 Å². The van der Waals surface area contributed by atoms with Crippen molar-refractivity contribution < 1.29 is 0 Å². The number of hydrogen-bond acceptors (Lipinski definition) is 6. The molecular weight excluding hydrogens is 300 g/mol. The SMILES string of the molecule is CC(C)c1ccc(Sc2nc(NN)nc3sccc23)cc1. The third kappa shape index (κ3) is 3.02. The molecule has 0 unspecified atom stereocenters. The highest BCUT2D eigenvalue weighted by molar-refractivity contribution is 7.99. The van der Waals surface area contributed by atoms with Crippen molar-refractivity contribution in [2.75, 3.05) is 5.43 Å². The minimum atomic E-state index is 0.450. The maximum Gasteiger partial charge on any atom is 0.239 e. The minimum absolute atomic E-state index is 0.450. The first kappa shape index (κ1) is 14.3. The van der Waals surface area contributed by atoms with Crippen LogP contribution < -0.4 is 11.3 Å². The highest BCUT2D eigenvalue weighted by Crippen LogP contribution is 2.34. The molecule has 2 heterocycles. The summed E-state index contributed by atoms with van der Waals surface area (Å²) in [5.41, 5.74) is 3.87. The number of benzene rings is 1. The van der Waals surface area contributed by atoms with E-state index in [-0.39, 0.29) is 0 Å². The Balaban J connectivity index is 1.95. The molecule has 6 heteroatoms. The summed E-state index contributed by atoms with van der Waals surface area (Å²) in [6, 6.07) is 10.7. The summed E-state index contributed by atoms with van der Waals surface area (Å²) in [5.74, 6) is 6.44. The van der Waals surface area contributed by atoms with Crippen LogP contribution in [-0.2, 0) is 0 Å². The molecule has 0 bridgehead atoms. The Labute approximate surface area is 131 Å². The first-order valence-electron chi connectivity index (χ1n) is 6.67. The van der Waals surface area contributed by atoms with Gasteiger partial charge in [-0.15, -0.1) is 11.3 Å². The van der Waals surface area contributed by atoms with Crippen LogP contribution in [0.1, 0.15) is 25.3 Å². The summed E-state index contributed by atoms with van der Waals surface area (Å²) < 4.78 is 0. The Morgan fingerprint density at radius 3 is 2.57 bits per heavy atom. The summed E-state index contributed by atoms with van der Waals surface area (Å²) in [6.07, 6.45) is 0. The highest BCUT2D eigenvalue weighted by atomic mass is 32.2. The van der Waals surface area contributed by atoms with Crippen LogP contribution in [-0.4, -0.2) is 9.97 Å². The van der Waals surface area contributed by atoms with Crippen molar-refractivity contribution in [3.05, 3.63) is 41.3 Å². The van der Waals surface area contributed by atoms with Crippen LogP contribution in [0.5, 0.6) is 0 Å². The van der Waals surface area contributed by atoms with Gasteiger partial charge >= 0.3 is 0 Å². The fraction of sp³-hybridized carbons (Fsp3) is 0.200. The fourth-order valence-corrected chi connectivity index (χ4v) is 3.73. The van der Waals surface area contributed by atoms with Crippen molar-refractivity contribution in [2.45, 2.75) is 29.7 Å². The molecule has 0 saturated carbocycles. The third-order valence-corrected chi connectivity index (χ3v) is 5.00. The van der Waals surface area contributed by atoms with Gasteiger partial charge in [0, 0.05) is 10.3 Å². The largest absolute Gasteiger partial charge is 0.292 e. The predicted molar refractivity (Wildman–Crippen MR) is 89.9 cm³/mol. The summed E-state index contributed by atoms with van der Waals surface area (Å²) in [5, 5.41) is 4.01. The van der Waals surface area contributed by atoms with Gasteiger partial charge in [0.15, 0.2) is 0 Å². The van der Waals surface area contributed by atoms with Crippen LogP contribution in [0, 0.1) is 0 Å². The molecule has 3 rings (SSSR count). The second-order valence-corrected chi connectivity index (χ2v) is 6.92. The molecule has 21 heavy (non-hydrogen) atoms. The number of anilines is 1. The van der Waals surface area contributed by atoms with E-state index in [4.69, 9.17) is 5.84 Å². The first-order valence-corrected chi connectivity index (χ1v) is 8.36. The highest BCUT2D eigenvalue weighted by Gasteiger charge is 2.10. The van der Waals surface area contributed by atoms with Gasteiger partial charge in [-0.25, -0.2) is 15.8 Å². The van der Waals surface area contributed by atoms with Gasteiger partial charge < -0.3 is 0 Å². The zero-order valence-electron chi connectivity index (χ0n) is 11.8. The van der Waals surface area contributed by atoms with E-state index in [1.807, 2.05) is 11.4 Å². The number of hydrazine groups is 1. The first-order chi connectivity index (χ1) is 10.2. The van der Waals surface area contributed by atoms with Crippen LogP contribution >= 0.6 is 23.1 Å². The monoisotopic (exact) mass is 316 g/mol. The smallest absolute Gasteiger partial charge is 0.239 e. The number of aromatic nitrogens is 2. The van der Waals surface area contributed by atoms with Crippen molar-refractivity contribution in [3.63, 3.8) is 0 Å². The number of thiophene rings is 1. The molecule has 3 N–H and O–H groups in total. The topological polar surface area (TPSA) is 63.8 Å². The molecule has 0 aliphatic heterocycles. The van der Waals surface area contributed by atoms with E-state index >= 15 is 0 Å². The lowest BCUT2D eigenvalue weighted by Gasteiger charge is -2.08. The third-order valence-electron chi connectivity index (χ3n) is 3.18. The van der Waals surface area contributed by atoms with E-state index in [0.717, 1.165) is 20.1 Å². The van der Waals surface area contributed by atoms with Gasteiger partial charge in [-0.3, -0.25) is 5.43 Å². The molecular formula is C15H16N4S2. The molecule has 0 spiro atoms. The van der Waals surface area contributed by atoms with Crippen molar-refractivity contribution in [1.29, 1.82) is 0 Å². The maximum atomic E-state index is 5.45. The van der Waals surface area contributed by atoms with E-state index in [1.54, 1.807) is 23.1 Å². The number of nitrogens with zero attached hydrogens (tertiary/aromatic N) is 2. The predicted octanol–water partition coefficient (Wildman–Crippen LogP) is 4.25. The molecule has 0 radical (unpaired) electrons. The second kappa shape index (κ2) is 6.01. The Morgan fingerprint density at radius 2 is 1.90 bits per heavy atom. The summed E-state index contributed by atoms with van der Waals surface area (Å²) in [6.45, 7) is 4.39. The van der Waals surface area contributed by atoms with Gasteiger partial charge in [-0.05, 0) is 35.1 Å². The van der Waals surface area contributed by atoms with E-state index in [1.165, 1.54) is 5.56 Å². The Hall–Kier alpha value is -1.63. The van der Waals surface area contributed by atoms with Gasteiger partial charge in [0.25, 0.3) is 0 Å². The number of nitrogens with one attached hydrogen (secondary N) is 1. The summed E-state index contributed by atoms with van der Waals surface area (Å²) in [4.78, 5) is 10.9. The minimum Gasteiger partial charge on any atom is -0.292 e. The molecule has 1 aromatic carbocycles. The Kier molecular flexibility index (Phi) is 4.10. The van der Waals surface area contributed by atoms with E-state index < -0.39 is 0 Å². The molecule has 0 amide bonds. The van der Waals surface area contributed by atoms with Gasteiger partial charge in [0.05, 0.1) is 0 Å². The maximum absolute atomic E-state index is 5.45. The van der Waals surface area contributed by atoms with Crippen LogP contribution in [0.2, 0.25) is 0 Å². The molecule has 3 aromatic rings. The molecule has 0 aliphatic rings. The lowest BCUT2D eigenvalue weighted by atomic mass is 10.0. The number of nitrogens with two attached hydrogens (primary N) is 1. The zero-order valence-corrected chi connectivity index (χ0v) is 13.5. The summed E-state index contributed by atoms with van der Waals surface area (Å²) >= 11 is 3.22. The van der Waals surface area contributed by atoms with E-state index in [0.29, 0.717) is 11.9 Å². The fourth-order valence-electron chi connectivity index (χ4n) is 2.00. The molecule has 0 atom stereocenters. The number of fused-ring (bicyclic) bond motifs is 1. The summed E-state index contributed by atoms with van der Waals surface area (Å²) in [7, 11) is 0. The molecule has 0 saturated heterocycles. The van der Waals surface area contributed by atoms with Crippen molar-refractivity contribution in [1.82, 2.24) is 9.97 Å². The van der Waals surface area contributed by atoms with Crippen LogP contribution in [0.4, 0.5) is 5.95 Å². The number of rotatable bonds is 4. The molecule has 0 fully saturated rings. The van der Waals surface area contributed by atoms with E-state index in [2.05, 4.69) is 53.5 Å². The van der Waals surface area contributed by atoms with Gasteiger partial charge in [0.2, 0.25) is 5.95 Å². The van der Waals surface area contributed by atoms with Crippen molar-refractivity contribution in [3.8, 4) is 0 Å². The Morgan fingerprint density at radius 1 is 1.14 bits per heavy atom. The molecule has 108 valence electrons. The average Bonchev–Trinajstić information content (AvgIpc) is 2.96. The van der Waals surface area contributed by atoms with Gasteiger partial charge in [-0.1, -0.05) is 37.7 Å². The number of hydrogen-bond donors (Lipinski definition) is 2. The molecule has 2 aromatic heterocycles. The van der Waals surface area contributed by atoms with Gasteiger partial charge in [0.1, 0.15) is 9.86 Å². The van der Waals surface area contributed by atoms with Gasteiger partial charge in [-0.2, -0.15) is 0 Å². The Bertz CT molecular complexity index is 750. The number of nitrogen functional groups attached to an aromatic ring is 1. The van der Waals surface area contributed by atoms with Crippen LogP contribution in [0.25, 0.3) is 10.2 Å². The quantitative estimate of drug-likeness (QED) is 0.428. The second-order valence-electron chi connectivity index (χ2n) is 4.96. The molecule has 4 nitrogen and oxygen atoms in total. The lowest BCUT2D eigenvalue weighted by Crippen LogP contribution is -2.10. The standard InChI is InChI=1S/C15H16N4S2/c1-9(2)10-3-5-11(6-4-10)21-14-12-7-8-20-13(12)17-15(18-14)19-16/h3-9H,16H2,1-2H3,(H,17,18,19). The van der Waals surface area contributed by atoms with E-state index in [9.17, 15) is 0 Å². The lowest BCUT2D eigenvalue weighted by molar-refractivity contribution is 0.865. The van der Waals surface area contributed by atoms with Crippen molar-refractivity contribution >= 4 is 39.3 Å². The normalized spacial score (nSPS) is 11.2. The average molecular weight is 316 g/mol. The zero-order chi connectivity index (χ0) is 14.8. The molecule has 0 aliphatic carbocycles. The van der Waals surface area contributed by atoms with Crippen LogP contribution in [0.15, 0.2) is 45.6 Å². The van der Waals surface area contributed by atoms with Crippen LogP contribution in [0.3, 0.4) is 0 Å².